The van der Waals surface area contributed by atoms with Crippen LogP contribution in [0.25, 0.3) is 11.2 Å². The summed E-state index contributed by atoms with van der Waals surface area (Å²) in [6.07, 6.45) is 5.10. The van der Waals surface area contributed by atoms with Crippen LogP contribution < -0.4 is 16.2 Å². The van der Waals surface area contributed by atoms with Crippen LogP contribution in [0.1, 0.15) is 39.0 Å². The van der Waals surface area contributed by atoms with Crippen LogP contribution in [-0.4, -0.2) is 75.7 Å². The third-order valence-electron chi connectivity index (χ3n) is 5.31. The Bertz CT molecular complexity index is 808. The molecule has 0 amide bonds. The van der Waals surface area contributed by atoms with Crippen molar-refractivity contribution >= 4 is 17.0 Å². The van der Waals surface area contributed by atoms with Crippen molar-refractivity contribution in [3.8, 4) is 6.01 Å². The minimum atomic E-state index is -0.194. The largest absolute Gasteiger partial charge is 0.463 e. The highest BCUT2D eigenvalue weighted by atomic mass is 16.5. The zero-order valence-electron chi connectivity index (χ0n) is 17.1. The molecule has 0 spiro atoms. The molecule has 9 nitrogen and oxygen atoms in total. The number of nitrogen functional groups attached to an aromatic ring is 1. The van der Waals surface area contributed by atoms with Crippen molar-refractivity contribution in [1.82, 2.24) is 29.3 Å². The summed E-state index contributed by atoms with van der Waals surface area (Å²) >= 11 is 0. The number of aryl methyl sites for hydroxylation is 1. The molecular weight excluding hydrogens is 358 g/mol. The molecule has 2 aromatic heterocycles. The first-order valence-corrected chi connectivity index (χ1v) is 10.4. The van der Waals surface area contributed by atoms with Crippen molar-refractivity contribution in [2.24, 2.45) is 0 Å². The second kappa shape index (κ2) is 9.88. The molecule has 0 aliphatic carbocycles. The number of ether oxygens (including phenoxy) is 1. The second-order valence-corrected chi connectivity index (χ2v) is 7.58. The van der Waals surface area contributed by atoms with Gasteiger partial charge < -0.3 is 25.3 Å². The van der Waals surface area contributed by atoms with Crippen LogP contribution in [0.2, 0.25) is 0 Å². The van der Waals surface area contributed by atoms with E-state index in [4.69, 9.17) is 10.5 Å². The quantitative estimate of drug-likeness (QED) is 0.588. The molecule has 9 heteroatoms. The molecule has 156 valence electrons. The molecule has 0 radical (unpaired) electrons. The van der Waals surface area contributed by atoms with E-state index in [1.54, 1.807) is 4.57 Å². The maximum Gasteiger partial charge on any atom is 0.327 e. The third-order valence-corrected chi connectivity index (χ3v) is 5.31. The van der Waals surface area contributed by atoms with Crippen LogP contribution in [0.5, 0.6) is 6.01 Å². The fourth-order valence-electron chi connectivity index (χ4n) is 3.46. The number of rotatable bonds is 10. The van der Waals surface area contributed by atoms with Gasteiger partial charge in [-0.3, -0.25) is 4.57 Å². The summed E-state index contributed by atoms with van der Waals surface area (Å²) < 4.78 is 7.23. The molecule has 1 saturated heterocycles. The number of likely N-dealkylation sites (N-methyl/N-ethyl adjacent to an activating group) is 1. The van der Waals surface area contributed by atoms with Gasteiger partial charge in [-0.05, 0) is 32.9 Å². The maximum atomic E-state index is 12.3. The Kier molecular flexibility index (Phi) is 7.27. The topological polar surface area (TPSA) is 105 Å². The number of unbranched alkanes of at least 4 members (excludes halogenated alkanes) is 3. The number of anilines is 1. The Balaban J connectivity index is 1.54. The van der Waals surface area contributed by atoms with E-state index in [1.165, 1.54) is 0 Å². The van der Waals surface area contributed by atoms with Crippen molar-refractivity contribution in [2.45, 2.75) is 45.6 Å². The summed E-state index contributed by atoms with van der Waals surface area (Å²) in [7, 11) is 2.17. The van der Waals surface area contributed by atoms with Crippen LogP contribution in [0.4, 0.5) is 5.82 Å². The van der Waals surface area contributed by atoms with Gasteiger partial charge in [-0.2, -0.15) is 9.97 Å². The summed E-state index contributed by atoms with van der Waals surface area (Å²) in [6, 6.07) is 0.237. The van der Waals surface area contributed by atoms with Crippen molar-refractivity contribution in [1.29, 1.82) is 0 Å². The zero-order chi connectivity index (χ0) is 19.9. The van der Waals surface area contributed by atoms with Gasteiger partial charge in [0.2, 0.25) is 0 Å². The summed E-state index contributed by atoms with van der Waals surface area (Å²) in [5.74, 6) is 0.252. The third kappa shape index (κ3) is 5.23. The molecule has 1 fully saturated rings. The van der Waals surface area contributed by atoms with Gasteiger partial charge in [0.1, 0.15) is 5.52 Å². The molecule has 0 unspecified atom stereocenters. The fraction of sp³-hybridized carbons (Fsp3) is 0.737. The van der Waals surface area contributed by atoms with Gasteiger partial charge in [-0.15, -0.1) is 0 Å². The predicted molar refractivity (Wildman–Crippen MR) is 111 cm³/mol. The lowest BCUT2D eigenvalue weighted by atomic mass is 10.2. The molecule has 1 aliphatic rings. The molecule has 2 aromatic rings. The van der Waals surface area contributed by atoms with Gasteiger partial charge in [-0.25, -0.2) is 4.79 Å². The Morgan fingerprint density at radius 1 is 1.07 bits per heavy atom. The summed E-state index contributed by atoms with van der Waals surface area (Å²) in [5.41, 5.74) is 6.82. The lowest BCUT2D eigenvalue weighted by molar-refractivity contribution is 0.152. The highest BCUT2D eigenvalue weighted by molar-refractivity contribution is 5.81. The fourth-order valence-corrected chi connectivity index (χ4v) is 3.46. The monoisotopic (exact) mass is 391 g/mol. The molecule has 0 aromatic carbocycles. The van der Waals surface area contributed by atoms with Crippen molar-refractivity contribution < 1.29 is 4.74 Å². The van der Waals surface area contributed by atoms with E-state index < -0.39 is 0 Å². The Labute approximate surface area is 165 Å². The number of nitrogens with zero attached hydrogens (tertiary/aromatic N) is 5. The average Bonchev–Trinajstić information content (AvgIpc) is 2.99. The van der Waals surface area contributed by atoms with Crippen molar-refractivity contribution in [3.05, 3.63) is 10.5 Å². The molecule has 0 saturated carbocycles. The first-order valence-electron chi connectivity index (χ1n) is 10.4. The van der Waals surface area contributed by atoms with E-state index >= 15 is 0 Å². The Morgan fingerprint density at radius 2 is 1.82 bits per heavy atom. The number of aromatic amines is 1. The van der Waals surface area contributed by atoms with Crippen LogP contribution in [0.15, 0.2) is 4.79 Å². The van der Waals surface area contributed by atoms with Gasteiger partial charge in [0.15, 0.2) is 11.5 Å². The normalized spacial score (nSPS) is 16.1. The number of nitrogens with one attached hydrogen (secondary N) is 1. The van der Waals surface area contributed by atoms with E-state index in [-0.39, 0.29) is 17.5 Å². The molecule has 1 aliphatic heterocycles. The number of aromatic nitrogens is 4. The molecular formula is C19H33N7O2. The van der Waals surface area contributed by atoms with E-state index in [1.807, 2.05) is 0 Å². The number of hydrogen-bond donors (Lipinski definition) is 2. The van der Waals surface area contributed by atoms with Gasteiger partial charge in [0.05, 0.1) is 6.61 Å². The average molecular weight is 392 g/mol. The molecule has 3 N–H and O–H groups in total. The van der Waals surface area contributed by atoms with Crippen LogP contribution in [0.3, 0.4) is 0 Å². The highest BCUT2D eigenvalue weighted by Gasteiger charge is 2.15. The number of imidazole rings is 1. The number of hydrogen-bond acceptors (Lipinski definition) is 7. The molecule has 28 heavy (non-hydrogen) atoms. The van der Waals surface area contributed by atoms with Crippen LogP contribution in [-0.2, 0) is 6.54 Å². The number of fused-ring (bicyclic) bond motifs is 1. The summed E-state index contributed by atoms with van der Waals surface area (Å²) in [4.78, 5) is 28.6. The van der Waals surface area contributed by atoms with Gasteiger partial charge >= 0.3 is 11.7 Å². The number of H-pyrrole nitrogens is 1. The number of piperazine rings is 1. The standard InChI is InChI=1S/C19H33N7O2/c1-3-4-14-28-18-22-16(20)15-17(23-18)26(19(27)21-15)9-7-5-6-8-25-12-10-24(2)11-13-25/h3-14H2,1-2H3,(H,21,27)(H2,20,22,23). The highest BCUT2D eigenvalue weighted by Crippen LogP contribution is 2.18. The predicted octanol–water partition coefficient (Wildman–Crippen LogP) is 1.30. The van der Waals surface area contributed by atoms with E-state index in [0.29, 0.717) is 24.3 Å². The van der Waals surface area contributed by atoms with Crippen molar-refractivity contribution in [3.63, 3.8) is 0 Å². The first-order chi connectivity index (χ1) is 13.6. The first kappa shape index (κ1) is 20.6. The molecule has 3 rings (SSSR count). The lowest BCUT2D eigenvalue weighted by Gasteiger charge is -2.32. The maximum absolute atomic E-state index is 12.3. The van der Waals surface area contributed by atoms with Gasteiger partial charge in [0, 0.05) is 32.7 Å². The molecule has 3 heterocycles. The van der Waals surface area contributed by atoms with E-state index in [9.17, 15) is 4.79 Å². The van der Waals surface area contributed by atoms with Gasteiger partial charge in [-0.1, -0.05) is 19.8 Å². The Morgan fingerprint density at radius 3 is 2.57 bits per heavy atom. The van der Waals surface area contributed by atoms with Gasteiger partial charge in [0.25, 0.3) is 0 Å². The Hall–Kier alpha value is -2.13. The smallest absolute Gasteiger partial charge is 0.327 e. The SMILES string of the molecule is CCCCOc1nc(N)c2[nH]c(=O)n(CCCCCN3CCN(C)CC3)c2n1. The van der Waals surface area contributed by atoms with Crippen LogP contribution in [0, 0.1) is 0 Å². The molecule has 0 atom stereocenters. The van der Waals surface area contributed by atoms with Crippen LogP contribution >= 0.6 is 0 Å². The summed E-state index contributed by atoms with van der Waals surface area (Å²) in [5, 5.41) is 0. The minimum absolute atomic E-state index is 0.194. The number of nitrogens with two attached hydrogens (primary N) is 1. The van der Waals surface area contributed by atoms with E-state index in [0.717, 1.165) is 64.8 Å². The zero-order valence-corrected chi connectivity index (χ0v) is 17.1. The minimum Gasteiger partial charge on any atom is -0.463 e. The van der Waals surface area contributed by atoms with Crippen molar-refractivity contribution in [2.75, 3.05) is 52.1 Å². The summed E-state index contributed by atoms with van der Waals surface area (Å²) in [6.45, 7) is 8.97. The lowest BCUT2D eigenvalue weighted by Crippen LogP contribution is -2.44. The second-order valence-electron chi connectivity index (χ2n) is 7.58. The molecule has 0 bridgehead atoms. The van der Waals surface area contributed by atoms with E-state index in [2.05, 4.69) is 38.7 Å².